The number of halogens is 3. The summed E-state index contributed by atoms with van der Waals surface area (Å²) in [6, 6.07) is 15.8. The molecule has 10 heteroatoms. The first-order valence-electron chi connectivity index (χ1n) is 9.41. The number of alkyl halides is 3. The van der Waals surface area contributed by atoms with E-state index in [2.05, 4.69) is 20.5 Å². The minimum Gasteiger partial charge on any atom is -0.325 e. The van der Waals surface area contributed by atoms with Crippen LogP contribution < -0.4 is 5.32 Å². The maximum Gasteiger partial charge on any atom is 0.416 e. The van der Waals surface area contributed by atoms with E-state index < -0.39 is 17.6 Å². The van der Waals surface area contributed by atoms with Crippen molar-refractivity contribution < 1.29 is 18.0 Å². The lowest BCUT2D eigenvalue weighted by atomic mass is 10.1. The van der Waals surface area contributed by atoms with Crippen molar-refractivity contribution in [3.8, 4) is 16.9 Å². The van der Waals surface area contributed by atoms with Crippen molar-refractivity contribution in [2.24, 2.45) is 0 Å². The van der Waals surface area contributed by atoms with Crippen LogP contribution in [0.25, 0.3) is 16.9 Å². The molecule has 0 fully saturated rings. The monoisotopic (exact) mass is 455 g/mol. The second kappa shape index (κ2) is 9.23. The first-order chi connectivity index (χ1) is 15.4. The predicted molar refractivity (Wildman–Crippen MR) is 115 cm³/mol. The number of nitrogens with zero attached hydrogens (tertiary/aromatic N) is 4. The summed E-state index contributed by atoms with van der Waals surface area (Å²) in [5, 5.41) is 11.3. The number of rotatable bonds is 6. The number of imidazole rings is 1. The lowest BCUT2D eigenvalue weighted by molar-refractivity contribution is -0.137. The minimum absolute atomic E-state index is 0.0100. The number of aromatic nitrogens is 4. The summed E-state index contributed by atoms with van der Waals surface area (Å²) in [4.78, 5) is 16.1. The number of thioether (sulfide) groups is 1. The summed E-state index contributed by atoms with van der Waals surface area (Å²) in [6.07, 6.45) is 0.802. The Hall–Kier alpha value is -3.66. The van der Waals surface area contributed by atoms with Gasteiger partial charge in [0.25, 0.3) is 0 Å². The van der Waals surface area contributed by atoms with E-state index in [9.17, 15) is 18.0 Å². The fraction of sp³-hybridized carbons (Fsp3) is 0.0909. The van der Waals surface area contributed by atoms with Gasteiger partial charge >= 0.3 is 6.18 Å². The topological polar surface area (TPSA) is 72.7 Å². The van der Waals surface area contributed by atoms with Gasteiger partial charge in [-0.25, -0.2) is 4.98 Å². The third-order valence-corrected chi connectivity index (χ3v) is 5.35. The first kappa shape index (κ1) is 21.6. The Bertz CT molecular complexity index is 1190. The maximum absolute atomic E-state index is 12.8. The zero-order valence-corrected chi connectivity index (χ0v) is 17.3. The highest BCUT2D eigenvalue weighted by molar-refractivity contribution is 7.99. The van der Waals surface area contributed by atoms with E-state index in [1.54, 1.807) is 24.7 Å². The molecule has 0 aliphatic rings. The zero-order valence-electron chi connectivity index (χ0n) is 16.5. The van der Waals surface area contributed by atoms with Gasteiger partial charge in [-0.1, -0.05) is 30.0 Å². The molecule has 4 aromatic rings. The Balaban J connectivity index is 1.33. The van der Waals surface area contributed by atoms with Crippen LogP contribution in [0.1, 0.15) is 5.56 Å². The molecule has 2 heterocycles. The summed E-state index contributed by atoms with van der Waals surface area (Å²) < 4.78 is 40.2. The number of hydrogen-bond acceptors (Lipinski definition) is 5. The molecule has 0 aliphatic heterocycles. The molecule has 0 unspecified atom stereocenters. The fourth-order valence-electron chi connectivity index (χ4n) is 2.88. The second-order valence-corrected chi connectivity index (χ2v) is 7.68. The van der Waals surface area contributed by atoms with Crippen LogP contribution in [-0.4, -0.2) is 31.4 Å². The number of carbonyl (C=O) groups is 1. The molecule has 2 aromatic heterocycles. The Morgan fingerprint density at radius 2 is 1.84 bits per heavy atom. The molecular formula is C22H16F3N5OS. The van der Waals surface area contributed by atoms with Crippen LogP contribution >= 0.6 is 11.8 Å². The third kappa shape index (κ3) is 5.33. The van der Waals surface area contributed by atoms with Crippen LogP contribution in [-0.2, 0) is 11.0 Å². The van der Waals surface area contributed by atoms with Gasteiger partial charge in [-0.05, 0) is 42.5 Å². The van der Waals surface area contributed by atoms with Gasteiger partial charge in [0.2, 0.25) is 5.91 Å². The van der Waals surface area contributed by atoms with Gasteiger partial charge < -0.3 is 9.88 Å². The molecule has 0 saturated carbocycles. The Morgan fingerprint density at radius 3 is 2.50 bits per heavy atom. The molecular weight excluding hydrogens is 439 g/mol. The third-order valence-electron chi connectivity index (χ3n) is 4.43. The van der Waals surface area contributed by atoms with Crippen molar-refractivity contribution in [1.82, 2.24) is 19.7 Å². The van der Waals surface area contributed by atoms with Crippen LogP contribution in [0.2, 0.25) is 0 Å². The highest BCUT2D eigenvalue weighted by atomic mass is 32.2. The largest absolute Gasteiger partial charge is 0.416 e. The average Bonchev–Trinajstić information content (AvgIpc) is 3.33. The standard InChI is InChI=1S/C22H16F3N5OS/c23-22(24,25)16-2-1-3-17(12-16)27-20(31)13-32-21-9-8-19(28-29-21)15-4-6-18(7-5-15)30-11-10-26-14-30/h1-12,14H,13H2,(H,27,31). The fourth-order valence-corrected chi connectivity index (χ4v) is 3.49. The molecule has 6 nitrogen and oxygen atoms in total. The van der Waals surface area contributed by atoms with Crippen LogP contribution in [0.3, 0.4) is 0 Å². The van der Waals surface area contributed by atoms with Gasteiger partial charge in [-0.3, -0.25) is 4.79 Å². The zero-order chi connectivity index (χ0) is 22.6. The van der Waals surface area contributed by atoms with Crippen LogP contribution in [0.5, 0.6) is 0 Å². The van der Waals surface area contributed by atoms with Crippen molar-refractivity contribution >= 4 is 23.4 Å². The van der Waals surface area contributed by atoms with E-state index in [0.29, 0.717) is 10.7 Å². The molecule has 2 aromatic carbocycles. The molecule has 0 saturated heterocycles. The number of carbonyl (C=O) groups excluding carboxylic acids is 1. The quantitative estimate of drug-likeness (QED) is 0.411. The smallest absolute Gasteiger partial charge is 0.325 e. The summed E-state index contributed by atoms with van der Waals surface area (Å²) >= 11 is 1.14. The molecule has 162 valence electrons. The highest BCUT2D eigenvalue weighted by Crippen LogP contribution is 2.30. The Morgan fingerprint density at radius 1 is 1.03 bits per heavy atom. The highest BCUT2D eigenvalue weighted by Gasteiger charge is 2.30. The van der Waals surface area contributed by atoms with Crippen molar-refractivity contribution in [3.05, 3.63) is 84.9 Å². The number of benzene rings is 2. The van der Waals surface area contributed by atoms with Gasteiger partial charge in [0, 0.05) is 29.3 Å². The van der Waals surface area contributed by atoms with Crippen LogP contribution in [0, 0.1) is 0 Å². The van der Waals surface area contributed by atoms with Crippen LogP contribution in [0.15, 0.2) is 84.4 Å². The molecule has 1 N–H and O–H groups in total. The number of nitrogens with one attached hydrogen (secondary N) is 1. The molecule has 4 rings (SSSR count). The van der Waals surface area contributed by atoms with Gasteiger partial charge in [-0.15, -0.1) is 10.2 Å². The first-order valence-corrected chi connectivity index (χ1v) is 10.4. The number of amides is 1. The second-order valence-electron chi connectivity index (χ2n) is 6.69. The van der Waals surface area contributed by atoms with Crippen LogP contribution in [0.4, 0.5) is 18.9 Å². The van der Waals surface area contributed by atoms with E-state index in [1.165, 1.54) is 12.1 Å². The number of hydrogen-bond donors (Lipinski definition) is 1. The summed E-state index contributed by atoms with van der Waals surface area (Å²) in [7, 11) is 0. The summed E-state index contributed by atoms with van der Waals surface area (Å²) in [5.41, 5.74) is 1.81. The molecule has 0 bridgehead atoms. The molecule has 0 aliphatic carbocycles. The molecule has 0 atom stereocenters. The molecule has 0 spiro atoms. The van der Waals surface area contributed by atoms with E-state index in [1.807, 2.05) is 35.0 Å². The van der Waals surface area contributed by atoms with E-state index in [-0.39, 0.29) is 11.4 Å². The van der Waals surface area contributed by atoms with Crippen molar-refractivity contribution in [2.45, 2.75) is 11.2 Å². The lowest BCUT2D eigenvalue weighted by Crippen LogP contribution is -2.15. The SMILES string of the molecule is O=C(CSc1ccc(-c2ccc(-n3ccnc3)cc2)nn1)Nc1cccc(C(F)(F)F)c1. The van der Waals surface area contributed by atoms with E-state index in [0.717, 1.165) is 35.1 Å². The van der Waals surface area contributed by atoms with E-state index >= 15 is 0 Å². The normalized spacial score (nSPS) is 11.3. The summed E-state index contributed by atoms with van der Waals surface area (Å²) in [5.74, 6) is -0.445. The van der Waals surface area contributed by atoms with Gasteiger partial charge in [0.05, 0.1) is 23.3 Å². The summed E-state index contributed by atoms with van der Waals surface area (Å²) in [6.45, 7) is 0. The molecule has 1 amide bonds. The maximum atomic E-state index is 12.8. The van der Waals surface area contributed by atoms with Gasteiger partial charge in [-0.2, -0.15) is 13.2 Å². The molecule has 32 heavy (non-hydrogen) atoms. The molecule has 0 radical (unpaired) electrons. The van der Waals surface area contributed by atoms with Crippen molar-refractivity contribution in [1.29, 1.82) is 0 Å². The van der Waals surface area contributed by atoms with E-state index in [4.69, 9.17) is 0 Å². The lowest BCUT2D eigenvalue weighted by Gasteiger charge is -2.09. The Kier molecular flexibility index (Phi) is 6.22. The Labute approximate surface area is 185 Å². The average molecular weight is 455 g/mol. The van der Waals surface area contributed by atoms with Gasteiger partial charge in [0.1, 0.15) is 5.03 Å². The van der Waals surface area contributed by atoms with Gasteiger partial charge in [0.15, 0.2) is 0 Å². The van der Waals surface area contributed by atoms with Crippen molar-refractivity contribution in [3.63, 3.8) is 0 Å². The number of anilines is 1. The minimum atomic E-state index is -4.47. The van der Waals surface area contributed by atoms with Crippen molar-refractivity contribution in [2.75, 3.05) is 11.1 Å². The predicted octanol–water partition coefficient (Wildman–Crippen LogP) is 5.08.